The Morgan fingerprint density at radius 1 is 0.759 bits per heavy atom. The van der Waals surface area contributed by atoms with Gasteiger partial charge in [0.2, 0.25) is 0 Å². The minimum atomic E-state index is -0.0874. The molecule has 0 N–H and O–H groups in total. The molecule has 154 valence electrons. The molecule has 0 bridgehead atoms. The van der Waals surface area contributed by atoms with E-state index < -0.39 is 0 Å². The molecule has 0 unspecified atom stereocenters. The maximum atomic E-state index is 12.9. The van der Waals surface area contributed by atoms with Crippen molar-refractivity contribution in [2.75, 3.05) is 40.4 Å². The van der Waals surface area contributed by atoms with Crippen molar-refractivity contribution < 1.29 is 19.1 Å². The Balaban J connectivity index is 1.64. The number of hydrogen-bond donors (Lipinski definition) is 0. The van der Waals surface area contributed by atoms with Crippen molar-refractivity contribution in [2.24, 2.45) is 0 Å². The second kappa shape index (κ2) is 8.99. The summed E-state index contributed by atoms with van der Waals surface area (Å²) >= 11 is 0. The van der Waals surface area contributed by atoms with Crippen molar-refractivity contribution in [3.8, 4) is 11.5 Å². The van der Waals surface area contributed by atoms with Gasteiger partial charge in [-0.25, -0.2) is 0 Å². The van der Waals surface area contributed by atoms with Crippen LogP contribution in [0.3, 0.4) is 0 Å². The average molecular weight is 396 g/mol. The molecule has 29 heavy (non-hydrogen) atoms. The van der Waals surface area contributed by atoms with Crippen molar-refractivity contribution in [3.63, 3.8) is 0 Å². The first-order chi connectivity index (χ1) is 13.9. The third-order valence-electron chi connectivity index (χ3n) is 5.28. The van der Waals surface area contributed by atoms with Crippen molar-refractivity contribution in [3.05, 3.63) is 59.2 Å². The third-order valence-corrected chi connectivity index (χ3v) is 5.28. The number of carbonyl (C=O) groups is 2. The lowest BCUT2D eigenvalue weighted by Crippen LogP contribution is -2.50. The smallest absolute Gasteiger partial charge is 0.254 e. The van der Waals surface area contributed by atoms with Crippen LogP contribution < -0.4 is 9.47 Å². The second-order valence-electron chi connectivity index (χ2n) is 7.46. The highest BCUT2D eigenvalue weighted by Gasteiger charge is 2.26. The Kier molecular flexibility index (Phi) is 6.42. The summed E-state index contributed by atoms with van der Waals surface area (Å²) in [6, 6.07) is 12.9. The average Bonchev–Trinajstić information content (AvgIpc) is 2.77. The molecule has 6 heteroatoms. The highest BCUT2D eigenvalue weighted by Crippen LogP contribution is 2.24. The van der Waals surface area contributed by atoms with Crippen LogP contribution in [0.2, 0.25) is 0 Å². The molecule has 1 heterocycles. The van der Waals surface area contributed by atoms with Gasteiger partial charge in [0.25, 0.3) is 11.8 Å². The van der Waals surface area contributed by atoms with E-state index in [1.807, 2.05) is 24.3 Å². The zero-order valence-corrected chi connectivity index (χ0v) is 17.5. The number of benzene rings is 2. The predicted octanol–water partition coefficient (Wildman–Crippen LogP) is 3.43. The molecule has 0 spiro atoms. The molecule has 1 aliphatic heterocycles. The summed E-state index contributed by atoms with van der Waals surface area (Å²) in [5.74, 6) is 1.51. The Morgan fingerprint density at radius 2 is 1.21 bits per heavy atom. The third kappa shape index (κ3) is 4.70. The van der Waals surface area contributed by atoms with Gasteiger partial charge in [0.15, 0.2) is 0 Å². The van der Waals surface area contributed by atoms with Crippen LogP contribution in [0.5, 0.6) is 11.5 Å². The van der Waals surface area contributed by atoms with E-state index in [-0.39, 0.29) is 11.8 Å². The summed E-state index contributed by atoms with van der Waals surface area (Å²) in [6.45, 7) is 6.27. The van der Waals surface area contributed by atoms with Gasteiger partial charge in [0, 0.05) is 43.4 Å². The lowest BCUT2D eigenvalue weighted by atomic mass is 10.0. The van der Waals surface area contributed by atoms with Crippen LogP contribution in [-0.2, 0) is 0 Å². The molecule has 1 fully saturated rings. The molecule has 0 aromatic heterocycles. The fraction of sp³-hybridized carbons (Fsp3) is 0.391. The predicted molar refractivity (Wildman–Crippen MR) is 112 cm³/mol. The van der Waals surface area contributed by atoms with E-state index in [0.717, 1.165) is 0 Å². The molecule has 2 aromatic carbocycles. The largest absolute Gasteiger partial charge is 0.497 e. The number of ether oxygens (including phenoxy) is 2. The highest BCUT2D eigenvalue weighted by atomic mass is 16.5. The lowest BCUT2D eigenvalue weighted by Gasteiger charge is -2.35. The van der Waals surface area contributed by atoms with Crippen LogP contribution in [0.4, 0.5) is 0 Å². The molecule has 0 radical (unpaired) electrons. The Bertz CT molecular complexity index is 847. The molecular weight excluding hydrogens is 368 g/mol. The van der Waals surface area contributed by atoms with Gasteiger partial charge in [-0.1, -0.05) is 26.0 Å². The molecule has 2 amide bonds. The minimum Gasteiger partial charge on any atom is -0.497 e. The van der Waals surface area contributed by atoms with Crippen LogP contribution in [0, 0.1) is 0 Å². The maximum absolute atomic E-state index is 12.9. The van der Waals surface area contributed by atoms with Crippen molar-refractivity contribution >= 4 is 11.8 Å². The van der Waals surface area contributed by atoms with Crippen molar-refractivity contribution in [1.82, 2.24) is 9.80 Å². The van der Waals surface area contributed by atoms with E-state index in [2.05, 4.69) is 13.8 Å². The molecule has 3 rings (SSSR count). The van der Waals surface area contributed by atoms with E-state index in [9.17, 15) is 9.59 Å². The number of carbonyl (C=O) groups excluding carboxylic acids is 2. The molecule has 0 aliphatic carbocycles. The summed E-state index contributed by atoms with van der Waals surface area (Å²) in [5.41, 5.74) is 2.42. The first-order valence-corrected chi connectivity index (χ1v) is 9.84. The summed E-state index contributed by atoms with van der Waals surface area (Å²) in [6.07, 6.45) is 0. The molecule has 0 saturated carbocycles. The lowest BCUT2D eigenvalue weighted by molar-refractivity contribution is 0.0535. The van der Waals surface area contributed by atoms with Gasteiger partial charge in [-0.05, 0) is 35.7 Å². The van der Waals surface area contributed by atoms with Gasteiger partial charge in [-0.2, -0.15) is 0 Å². The van der Waals surface area contributed by atoms with Gasteiger partial charge in [-0.3, -0.25) is 9.59 Å². The van der Waals surface area contributed by atoms with E-state index in [1.54, 1.807) is 42.2 Å². The number of nitrogens with zero attached hydrogens (tertiary/aromatic N) is 2. The Morgan fingerprint density at radius 3 is 1.62 bits per heavy atom. The van der Waals surface area contributed by atoms with E-state index in [0.29, 0.717) is 54.7 Å². The summed E-state index contributed by atoms with van der Waals surface area (Å²) < 4.78 is 10.5. The zero-order chi connectivity index (χ0) is 21.0. The number of amides is 2. The fourth-order valence-electron chi connectivity index (χ4n) is 3.42. The number of hydrogen-bond acceptors (Lipinski definition) is 4. The number of piperazine rings is 1. The fourth-order valence-corrected chi connectivity index (χ4v) is 3.42. The topological polar surface area (TPSA) is 59.1 Å². The first kappa shape index (κ1) is 20.7. The summed E-state index contributed by atoms with van der Waals surface area (Å²) in [4.78, 5) is 29.2. The molecule has 0 atom stereocenters. The van der Waals surface area contributed by atoms with Gasteiger partial charge >= 0.3 is 0 Å². The summed E-state index contributed by atoms with van der Waals surface area (Å²) in [7, 11) is 3.11. The first-order valence-electron chi connectivity index (χ1n) is 9.84. The van der Waals surface area contributed by atoms with Crippen LogP contribution in [0.1, 0.15) is 46.0 Å². The van der Waals surface area contributed by atoms with Gasteiger partial charge in [-0.15, -0.1) is 0 Å². The molecule has 2 aromatic rings. The molecule has 6 nitrogen and oxygen atoms in total. The Hall–Kier alpha value is -3.02. The standard InChI is InChI=1S/C23H28N2O4/c1-16(2)17-5-7-18(8-6-17)22(26)24-9-11-25(12-10-24)23(27)19-13-20(28-3)15-21(14-19)29-4/h5-8,13-16H,9-12H2,1-4H3. The Labute approximate surface area is 172 Å². The SMILES string of the molecule is COc1cc(OC)cc(C(=O)N2CCN(C(=O)c3ccc(C(C)C)cc3)CC2)c1. The highest BCUT2D eigenvalue weighted by molar-refractivity contribution is 5.96. The van der Waals surface area contributed by atoms with Gasteiger partial charge in [0.05, 0.1) is 14.2 Å². The zero-order valence-electron chi connectivity index (χ0n) is 17.5. The van der Waals surface area contributed by atoms with Crippen LogP contribution in [-0.4, -0.2) is 62.0 Å². The van der Waals surface area contributed by atoms with Crippen LogP contribution in [0.25, 0.3) is 0 Å². The normalized spacial score (nSPS) is 14.1. The quantitative estimate of drug-likeness (QED) is 0.777. The van der Waals surface area contributed by atoms with Gasteiger partial charge in [0.1, 0.15) is 11.5 Å². The van der Waals surface area contributed by atoms with E-state index in [4.69, 9.17) is 9.47 Å². The number of methoxy groups -OCH3 is 2. The monoisotopic (exact) mass is 396 g/mol. The summed E-state index contributed by atoms with van der Waals surface area (Å²) in [5, 5.41) is 0. The minimum absolute atomic E-state index is 0.00968. The molecular formula is C23H28N2O4. The van der Waals surface area contributed by atoms with Crippen molar-refractivity contribution in [1.29, 1.82) is 0 Å². The second-order valence-corrected chi connectivity index (χ2v) is 7.46. The van der Waals surface area contributed by atoms with E-state index >= 15 is 0 Å². The maximum Gasteiger partial charge on any atom is 0.254 e. The van der Waals surface area contributed by atoms with Crippen LogP contribution >= 0.6 is 0 Å². The molecule has 1 aliphatic rings. The molecule has 1 saturated heterocycles. The number of rotatable bonds is 5. The van der Waals surface area contributed by atoms with Gasteiger partial charge < -0.3 is 19.3 Å². The van der Waals surface area contributed by atoms with Crippen LogP contribution in [0.15, 0.2) is 42.5 Å². The van der Waals surface area contributed by atoms with Crippen molar-refractivity contribution in [2.45, 2.75) is 19.8 Å². The van der Waals surface area contributed by atoms with E-state index in [1.165, 1.54) is 5.56 Å².